The summed E-state index contributed by atoms with van der Waals surface area (Å²) in [6.07, 6.45) is -5.79. The van der Waals surface area contributed by atoms with E-state index < -0.39 is 60.0 Å². The third kappa shape index (κ3) is 3.77. The standard InChI is InChI=1S/C21H14F4N2O6/c22-12-3-1-2-11(6-12)9-27-16(28)8-20(19(27)32)14-7-13(33-21(23,24)25)4-5-15(14)26(18(20)31)10-17(29)30/h1-7H,8-10H2,(H,29,30). The Kier molecular flexibility index (Phi) is 5.10. The fourth-order valence-corrected chi connectivity index (χ4v) is 4.13. The number of amides is 3. The van der Waals surface area contributed by atoms with Gasteiger partial charge in [-0.3, -0.25) is 29.0 Å². The number of anilines is 1. The molecule has 1 saturated heterocycles. The smallest absolute Gasteiger partial charge is 0.480 e. The molecule has 1 atom stereocenters. The number of rotatable bonds is 5. The topological polar surface area (TPSA) is 104 Å². The molecule has 8 nitrogen and oxygen atoms in total. The molecular weight excluding hydrogens is 452 g/mol. The lowest BCUT2D eigenvalue weighted by molar-refractivity contribution is -0.274. The van der Waals surface area contributed by atoms with Gasteiger partial charge in [-0.1, -0.05) is 12.1 Å². The molecule has 2 aromatic carbocycles. The van der Waals surface area contributed by atoms with Crippen LogP contribution in [0.4, 0.5) is 23.2 Å². The van der Waals surface area contributed by atoms with Crippen molar-refractivity contribution < 1.29 is 46.6 Å². The molecule has 0 bridgehead atoms. The number of carboxylic acids is 1. The number of fused-ring (bicyclic) bond motifs is 2. The summed E-state index contributed by atoms with van der Waals surface area (Å²) in [6.45, 7) is -1.25. The average molecular weight is 466 g/mol. The molecule has 0 aromatic heterocycles. The van der Waals surface area contributed by atoms with Crippen LogP contribution in [0.3, 0.4) is 0 Å². The molecule has 4 rings (SSSR count). The van der Waals surface area contributed by atoms with Crippen molar-refractivity contribution in [1.82, 2.24) is 4.90 Å². The van der Waals surface area contributed by atoms with Gasteiger partial charge in [0.05, 0.1) is 13.0 Å². The van der Waals surface area contributed by atoms with Crippen LogP contribution in [0, 0.1) is 5.82 Å². The number of nitrogens with zero attached hydrogens (tertiary/aromatic N) is 2. The quantitative estimate of drug-likeness (QED) is 0.412. The van der Waals surface area contributed by atoms with Crippen LogP contribution in [0.15, 0.2) is 42.5 Å². The largest absolute Gasteiger partial charge is 0.573 e. The summed E-state index contributed by atoms with van der Waals surface area (Å²) in [7, 11) is 0. The summed E-state index contributed by atoms with van der Waals surface area (Å²) >= 11 is 0. The van der Waals surface area contributed by atoms with Gasteiger partial charge in [0, 0.05) is 11.3 Å². The first kappa shape index (κ1) is 22.2. The first-order chi connectivity index (χ1) is 15.4. The van der Waals surface area contributed by atoms with Gasteiger partial charge in [0.2, 0.25) is 17.7 Å². The normalized spacial score (nSPS) is 20.1. The zero-order valence-electron chi connectivity index (χ0n) is 16.6. The summed E-state index contributed by atoms with van der Waals surface area (Å²) in [5.74, 6) is -5.71. The number of halogens is 4. The zero-order valence-corrected chi connectivity index (χ0v) is 16.6. The molecular formula is C21H14F4N2O6. The number of alkyl halides is 3. The van der Waals surface area contributed by atoms with Crippen molar-refractivity contribution in [2.75, 3.05) is 11.4 Å². The van der Waals surface area contributed by atoms with Crippen molar-refractivity contribution in [1.29, 1.82) is 0 Å². The fraction of sp³-hybridized carbons (Fsp3) is 0.238. The molecule has 1 unspecified atom stereocenters. The Morgan fingerprint density at radius 1 is 1.06 bits per heavy atom. The van der Waals surface area contributed by atoms with Crippen LogP contribution in [-0.2, 0) is 31.1 Å². The number of hydrogen-bond donors (Lipinski definition) is 1. The van der Waals surface area contributed by atoms with E-state index in [1.807, 2.05) is 0 Å². The van der Waals surface area contributed by atoms with Crippen LogP contribution in [0.5, 0.6) is 5.75 Å². The Hall–Kier alpha value is -3.96. The maximum Gasteiger partial charge on any atom is 0.573 e. The minimum atomic E-state index is -5.07. The predicted molar refractivity (Wildman–Crippen MR) is 101 cm³/mol. The molecule has 1 spiro atoms. The maximum atomic E-state index is 13.5. The summed E-state index contributed by atoms with van der Waals surface area (Å²) in [5, 5.41) is 9.18. The van der Waals surface area contributed by atoms with Gasteiger partial charge < -0.3 is 9.84 Å². The highest BCUT2D eigenvalue weighted by atomic mass is 19.4. The number of carbonyl (C=O) groups is 4. The number of carbonyl (C=O) groups excluding carboxylic acids is 3. The fourth-order valence-electron chi connectivity index (χ4n) is 4.13. The Bertz CT molecular complexity index is 1200. The number of ether oxygens (including phenoxy) is 1. The van der Waals surface area contributed by atoms with E-state index in [0.717, 1.165) is 35.2 Å². The van der Waals surface area contributed by atoms with Crippen LogP contribution < -0.4 is 9.64 Å². The molecule has 3 amide bonds. The van der Waals surface area contributed by atoms with Gasteiger partial charge in [-0.25, -0.2) is 4.39 Å². The summed E-state index contributed by atoms with van der Waals surface area (Å²) < 4.78 is 55.6. The lowest BCUT2D eigenvalue weighted by Gasteiger charge is -2.22. The molecule has 2 heterocycles. The molecule has 172 valence electrons. The van der Waals surface area contributed by atoms with Gasteiger partial charge in [-0.15, -0.1) is 13.2 Å². The van der Waals surface area contributed by atoms with Gasteiger partial charge in [-0.05, 0) is 35.9 Å². The Morgan fingerprint density at radius 2 is 1.76 bits per heavy atom. The molecule has 1 N–H and O–H groups in total. The van der Waals surface area contributed by atoms with Crippen LogP contribution in [0.1, 0.15) is 17.5 Å². The number of carboxylic acid groups (broad SMARTS) is 1. The van der Waals surface area contributed by atoms with E-state index in [1.54, 1.807) is 0 Å². The van der Waals surface area contributed by atoms with Crippen molar-refractivity contribution in [2.45, 2.75) is 24.7 Å². The molecule has 2 aliphatic rings. The molecule has 33 heavy (non-hydrogen) atoms. The van der Waals surface area contributed by atoms with E-state index in [1.165, 1.54) is 12.1 Å². The number of aliphatic carboxylic acids is 1. The van der Waals surface area contributed by atoms with Crippen molar-refractivity contribution in [3.8, 4) is 5.75 Å². The lowest BCUT2D eigenvalue weighted by atomic mass is 9.80. The molecule has 2 aliphatic heterocycles. The predicted octanol–water partition coefficient (Wildman–Crippen LogP) is 2.35. The second-order valence-corrected chi connectivity index (χ2v) is 7.51. The second kappa shape index (κ2) is 7.57. The van der Waals surface area contributed by atoms with Crippen LogP contribution in [-0.4, -0.2) is 46.6 Å². The Labute approximate surface area is 182 Å². The van der Waals surface area contributed by atoms with Crippen molar-refractivity contribution in [2.24, 2.45) is 0 Å². The number of imide groups is 1. The Morgan fingerprint density at radius 3 is 2.39 bits per heavy atom. The second-order valence-electron chi connectivity index (χ2n) is 7.51. The van der Waals surface area contributed by atoms with E-state index in [4.69, 9.17) is 0 Å². The summed E-state index contributed by atoms with van der Waals surface area (Å²) in [4.78, 5) is 52.1. The highest BCUT2D eigenvalue weighted by molar-refractivity contribution is 6.29. The number of hydrogen-bond acceptors (Lipinski definition) is 5. The molecule has 0 saturated carbocycles. The van der Waals surface area contributed by atoms with Crippen molar-refractivity contribution in [3.05, 3.63) is 59.4 Å². The highest BCUT2D eigenvalue weighted by Gasteiger charge is 2.64. The van der Waals surface area contributed by atoms with E-state index >= 15 is 0 Å². The maximum absolute atomic E-state index is 13.5. The monoisotopic (exact) mass is 466 g/mol. The molecule has 2 aromatic rings. The first-order valence-corrected chi connectivity index (χ1v) is 9.45. The van der Waals surface area contributed by atoms with Crippen LogP contribution in [0.25, 0.3) is 0 Å². The first-order valence-electron chi connectivity index (χ1n) is 9.45. The molecule has 0 aliphatic carbocycles. The highest BCUT2D eigenvalue weighted by Crippen LogP contribution is 2.50. The van der Waals surface area contributed by atoms with Crippen molar-refractivity contribution >= 4 is 29.4 Å². The molecule has 1 fully saturated rings. The van der Waals surface area contributed by atoms with Gasteiger partial charge >= 0.3 is 12.3 Å². The van der Waals surface area contributed by atoms with E-state index in [-0.39, 0.29) is 23.4 Å². The van der Waals surface area contributed by atoms with E-state index in [0.29, 0.717) is 4.90 Å². The Balaban J connectivity index is 1.79. The molecule has 12 heteroatoms. The van der Waals surface area contributed by atoms with Crippen LogP contribution >= 0.6 is 0 Å². The van der Waals surface area contributed by atoms with E-state index in [9.17, 15) is 41.8 Å². The third-order valence-corrected chi connectivity index (χ3v) is 5.41. The lowest BCUT2D eigenvalue weighted by Crippen LogP contribution is -2.47. The van der Waals surface area contributed by atoms with Gasteiger partial charge in [0.25, 0.3) is 0 Å². The van der Waals surface area contributed by atoms with Gasteiger partial charge in [0.15, 0.2) is 5.41 Å². The SMILES string of the molecule is O=C(O)CN1C(=O)C2(CC(=O)N(Cc3cccc(F)c3)C2=O)c2cc(OC(F)(F)F)ccc21. The zero-order chi connectivity index (χ0) is 24.1. The number of likely N-dealkylation sites (tertiary alicyclic amines) is 1. The van der Waals surface area contributed by atoms with Gasteiger partial charge in [0.1, 0.15) is 18.1 Å². The summed E-state index contributed by atoms with van der Waals surface area (Å²) in [5.41, 5.74) is -2.39. The van der Waals surface area contributed by atoms with Crippen LogP contribution in [0.2, 0.25) is 0 Å². The summed E-state index contributed by atoms with van der Waals surface area (Å²) in [6, 6.07) is 7.75. The minimum Gasteiger partial charge on any atom is -0.480 e. The third-order valence-electron chi connectivity index (χ3n) is 5.41. The van der Waals surface area contributed by atoms with Gasteiger partial charge in [-0.2, -0.15) is 0 Å². The number of benzene rings is 2. The van der Waals surface area contributed by atoms with Crippen molar-refractivity contribution in [3.63, 3.8) is 0 Å². The minimum absolute atomic E-state index is 0.120. The van der Waals surface area contributed by atoms with E-state index in [2.05, 4.69) is 4.74 Å². The average Bonchev–Trinajstić information content (AvgIpc) is 3.08. The molecule has 0 radical (unpaired) electrons.